The van der Waals surface area contributed by atoms with E-state index >= 15 is 0 Å². The molecule has 1 saturated carbocycles. The number of carbonyl (C=O) groups is 1. The van der Waals surface area contributed by atoms with Gasteiger partial charge in [-0.15, -0.1) is 5.10 Å². The van der Waals surface area contributed by atoms with Crippen LogP contribution in [0.25, 0.3) is 5.69 Å². The first kappa shape index (κ1) is 18.7. The minimum absolute atomic E-state index is 0.0673. The average molecular weight is 384 g/mol. The van der Waals surface area contributed by atoms with E-state index in [-0.39, 0.29) is 23.2 Å². The van der Waals surface area contributed by atoms with E-state index in [2.05, 4.69) is 15.3 Å². The van der Waals surface area contributed by atoms with E-state index in [1.165, 1.54) is 47.9 Å². The second-order valence-corrected chi connectivity index (χ2v) is 7.69. The molecule has 1 saturated heterocycles. The number of piperidine rings is 1. The third kappa shape index (κ3) is 4.08. The Hall–Kier alpha value is -2.70. The van der Waals surface area contributed by atoms with Crippen molar-refractivity contribution in [2.45, 2.75) is 44.6 Å². The third-order valence-corrected chi connectivity index (χ3v) is 5.68. The Bertz CT molecular complexity index is 890. The monoisotopic (exact) mass is 384 g/mol. The summed E-state index contributed by atoms with van der Waals surface area (Å²) in [6, 6.07) is 9.15. The van der Waals surface area contributed by atoms with E-state index < -0.39 is 0 Å². The highest BCUT2D eigenvalue weighted by molar-refractivity contribution is 5.79. The number of aromatic nitrogens is 2. The Labute approximate surface area is 163 Å². The summed E-state index contributed by atoms with van der Waals surface area (Å²) in [6.07, 6.45) is 6.30. The number of rotatable bonds is 4. The van der Waals surface area contributed by atoms with Crippen LogP contribution in [0.1, 0.15) is 38.5 Å². The van der Waals surface area contributed by atoms with Crippen LogP contribution in [0.15, 0.2) is 41.2 Å². The number of amides is 1. The molecule has 7 heteroatoms. The Balaban J connectivity index is 1.50. The van der Waals surface area contributed by atoms with Gasteiger partial charge in [-0.05, 0) is 56.0 Å². The summed E-state index contributed by atoms with van der Waals surface area (Å²) in [4.78, 5) is 26.9. The van der Waals surface area contributed by atoms with Gasteiger partial charge >= 0.3 is 0 Å². The zero-order chi connectivity index (χ0) is 19.5. The van der Waals surface area contributed by atoms with Gasteiger partial charge in [0.15, 0.2) is 0 Å². The smallest absolute Gasteiger partial charge is 0.271 e. The van der Waals surface area contributed by atoms with Crippen molar-refractivity contribution in [1.82, 2.24) is 15.1 Å². The van der Waals surface area contributed by atoms with Crippen molar-refractivity contribution >= 4 is 11.7 Å². The summed E-state index contributed by atoms with van der Waals surface area (Å²) >= 11 is 0. The average Bonchev–Trinajstić information content (AvgIpc) is 3.22. The Morgan fingerprint density at radius 1 is 1.04 bits per heavy atom. The SMILES string of the molecule is O=C(NC1CCCC1)[C@@H]1CCCN(c2ccc(=O)n(-c3ccc(F)cc3)n2)C1. The number of carbonyl (C=O) groups excluding carboxylic acids is 1. The Kier molecular flexibility index (Phi) is 5.41. The van der Waals surface area contributed by atoms with Crippen molar-refractivity contribution in [1.29, 1.82) is 0 Å². The van der Waals surface area contributed by atoms with E-state index in [1.54, 1.807) is 6.07 Å². The number of hydrogen-bond acceptors (Lipinski definition) is 4. The van der Waals surface area contributed by atoms with E-state index in [0.717, 1.165) is 32.2 Å². The zero-order valence-corrected chi connectivity index (χ0v) is 15.8. The predicted octanol–water partition coefficient (Wildman–Crippen LogP) is 2.65. The molecule has 0 spiro atoms. The molecule has 1 aromatic heterocycles. The minimum Gasteiger partial charge on any atom is -0.354 e. The molecule has 1 aliphatic carbocycles. The molecule has 2 heterocycles. The van der Waals surface area contributed by atoms with Crippen molar-refractivity contribution in [3.05, 3.63) is 52.6 Å². The first-order valence-electron chi connectivity index (χ1n) is 10.0. The first-order valence-corrected chi connectivity index (χ1v) is 10.0. The number of benzene rings is 1. The molecule has 0 radical (unpaired) electrons. The van der Waals surface area contributed by atoms with Crippen LogP contribution in [0.3, 0.4) is 0 Å². The molecule has 2 aromatic rings. The largest absolute Gasteiger partial charge is 0.354 e. The van der Waals surface area contributed by atoms with Crippen LogP contribution in [0.2, 0.25) is 0 Å². The van der Waals surface area contributed by atoms with Crippen molar-refractivity contribution in [3.8, 4) is 5.69 Å². The number of hydrogen-bond donors (Lipinski definition) is 1. The van der Waals surface area contributed by atoms with Gasteiger partial charge in [-0.25, -0.2) is 4.39 Å². The molecule has 1 aromatic carbocycles. The van der Waals surface area contributed by atoms with Crippen LogP contribution < -0.4 is 15.8 Å². The lowest BCUT2D eigenvalue weighted by atomic mass is 9.96. The fourth-order valence-corrected chi connectivity index (χ4v) is 4.13. The molecule has 0 bridgehead atoms. The van der Waals surface area contributed by atoms with E-state index in [9.17, 15) is 14.0 Å². The predicted molar refractivity (Wildman–Crippen MR) is 105 cm³/mol. The molecule has 0 unspecified atom stereocenters. The van der Waals surface area contributed by atoms with Gasteiger partial charge in [0, 0.05) is 25.2 Å². The fourth-order valence-electron chi connectivity index (χ4n) is 4.13. The molecule has 2 fully saturated rings. The summed E-state index contributed by atoms with van der Waals surface area (Å²) in [5.74, 6) is 0.355. The molecule has 28 heavy (non-hydrogen) atoms. The molecule has 1 amide bonds. The molecule has 4 rings (SSSR count). The van der Waals surface area contributed by atoms with E-state index in [1.807, 2.05) is 0 Å². The first-order chi connectivity index (χ1) is 13.6. The summed E-state index contributed by atoms with van der Waals surface area (Å²) in [5.41, 5.74) is 0.240. The van der Waals surface area contributed by atoms with E-state index in [0.29, 0.717) is 24.1 Å². The standard InChI is InChI=1S/C21H25FN4O2/c22-16-7-9-18(10-8-16)26-20(27)12-11-19(24-26)25-13-3-4-15(14-25)21(28)23-17-5-1-2-6-17/h7-12,15,17H,1-6,13-14H2,(H,23,28)/t15-/m1/s1. The van der Waals surface area contributed by atoms with Gasteiger partial charge in [-0.2, -0.15) is 4.68 Å². The van der Waals surface area contributed by atoms with Crippen LogP contribution in [0.5, 0.6) is 0 Å². The fraction of sp³-hybridized carbons (Fsp3) is 0.476. The molecule has 2 aliphatic rings. The molecule has 1 atom stereocenters. The van der Waals surface area contributed by atoms with Crippen molar-refractivity contribution in [3.63, 3.8) is 0 Å². The van der Waals surface area contributed by atoms with Crippen molar-refractivity contribution in [2.75, 3.05) is 18.0 Å². The summed E-state index contributed by atoms with van der Waals surface area (Å²) < 4.78 is 14.5. The molecule has 6 nitrogen and oxygen atoms in total. The highest BCUT2D eigenvalue weighted by atomic mass is 19.1. The van der Waals surface area contributed by atoms with Crippen LogP contribution in [0.4, 0.5) is 10.2 Å². The Morgan fingerprint density at radius 3 is 2.54 bits per heavy atom. The maximum absolute atomic E-state index is 13.2. The maximum Gasteiger partial charge on any atom is 0.271 e. The highest BCUT2D eigenvalue weighted by Crippen LogP contribution is 2.23. The maximum atomic E-state index is 13.2. The van der Waals surface area contributed by atoms with Crippen LogP contribution in [0, 0.1) is 11.7 Å². The van der Waals surface area contributed by atoms with Crippen LogP contribution in [-0.2, 0) is 4.79 Å². The van der Waals surface area contributed by atoms with Gasteiger partial charge < -0.3 is 10.2 Å². The second-order valence-electron chi connectivity index (χ2n) is 7.69. The molecule has 148 valence electrons. The van der Waals surface area contributed by atoms with Gasteiger partial charge in [0.25, 0.3) is 5.56 Å². The summed E-state index contributed by atoms with van der Waals surface area (Å²) in [5, 5.41) is 7.66. The molecule has 1 N–H and O–H groups in total. The number of halogens is 1. The lowest BCUT2D eigenvalue weighted by Crippen LogP contribution is -2.46. The lowest BCUT2D eigenvalue weighted by Gasteiger charge is -2.33. The Morgan fingerprint density at radius 2 is 1.79 bits per heavy atom. The van der Waals surface area contributed by atoms with Crippen LogP contribution in [-0.4, -0.2) is 34.8 Å². The number of anilines is 1. The number of nitrogens with zero attached hydrogens (tertiary/aromatic N) is 3. The number of nitrogens with one attached hydrogen (secondary N) is 1. The quantitative estimate of drug-likeness (QED) is 0.880. The molecular formula is C21H25FN4O2. The van der Waals surface area contributed by atoms with Gasteiger partial charge in [0.1, 0.15) is 11.6 Å². The van der Waals surface area contributed by atoms with Gasteiger partial charge in [0.2, 0.25) is 5.91 Å². The normalized spacial score (nSPS) is 20.3. The second kappa shape index (κ2) is 8.12. The third-order valence-electron chi connectivity index (χ3n) is 5.68. The van der Waals surface area contributed by atoms with Crippen molar-refractivity contribution < 1.29 is 9.18 Å². The lowest BCUT2D eigenvalue weighted by molar-refractivity contribution is -0.125. The highest BCUT2D eigenvalue weighted by Gasteiger charge is 2.29. The molecular weight excluding hydrogens is 359 g/mol. The minimum atomic E-state index is -0.361. The summed E-state index contributed by atoms with van der Waals surface area (Å²) in [7, 11) is 0. The topological polar surface area (TPSA) is 67.2 Å². The zero-order valence-electron chi connectivity index (χ0n) is 15.8. The van der Waals surface area contributed by atoms with Gasteiger partial charge in [-0.3, -0.25) is 9.59 Å². The van der Waals surface area contributed by atoms with Gasteiger partial charge in [-0.1, -0.05) is 12.8 Å². The summed E-state index contributed by atoms with van der Waals surface area (Å²) in [6.45, 7) is 1.38. The van der Waals surface area contributed by atoms with Crippen molar-refractivity contribution in [2.24, 2.45) is 5.92 Å². The van der Waals surface area contributed by atoms with E-state index in [4.69, 9.17) is 0 Å². The molecule has 1 aliphatic heterocycles. The van der Waals surface area contributed by atoms with Crippen LogP contribution >= 0.6 is 0 Å². The van der Waals surface area contributed by atoms with Gasteiger partial charge in [0.05, 0.1) is 11.6 Å².